The van der Waals surface area contributed by atoms with Crippen molar-refractivity contribution in [1.82, 2.24) is 5.32 Å². The molecule has 0 aromatic carbocycles. The van der Waals surface area contributed by atoms with E-state index in [-0.39, 0.29) is 24.0 Å². The highest BCUT2D eigenvalue weighted by molar-refractivity contribution is 6.00. The number of nitrogens with two attached hydrogens (primary N) is 1. The first-order chi connectivity index (χ1) is 8.45. The standard InChI is InChI=1S/C12H20N2O4/c1-7(6-13)8(2)10(15)5-11(16)14-9-3-4-18-12(9)17/h7-9H,3-6,13H2,1-2H3,(H,14,16)/t7?,8?,9-/m0/s1. The summed E-state index contributed by atoms with van der Waals surface area (Å²) in [7, 11) is 0. The van der Waals surface area contributed by atoms with E-state index in [2.05, 4.69) is 5.32 Å². The highest BCUT2D eigenvalue weighted by Gasteiger charge is 2.29. The lowest BCUT2D eigenvalue weighted by Crippen LogP contribution is -2.39. The lowest BCUT2D eigenvalue weighted by molar-refractivity contribution is -0.142. The number of carbonyl (C=O) groups excluding carboxylic acids is 3. The van der Waals surface area contributed by atoms with Crippen LogP contribution in [-0.2, 0) is 19.1 Å². The third-order valence-corrected chi connectivity index (χ3v) is 3.34. The average molecular weight is 256 g/mol. The van der Waals surface area contributed by atoms with Crippen LogP contribution in [0, 0.1) is 11.8 Å². The molecule has 3 N–H and O–H groups in total. The van der Waals surface area contributed by atoms with Gasteiger partial charge in [-0.05, 0) is 12.5 Å². The number of hydrogen-bond acceptors (Lipinski definition) is 5. The van der Waals surface area contributed by atoms with E-state index in [1.165, 1.54) is 0 Å². The van der Waals surface area contributed by atoms with E-state index < -0.39 is 17.9 Å². The largest absolute Gasteiger partial charge is 0.464 e. The van der Waals surface area contributed by atoms with E-state index in [4.69, 9.17) is 10.5 Å². The maximum atomic E-state index is 11.8. The molecule has 0 aromatic rings. The molecule has 1 aliphatic heterocycles. The van der Waals surface area contributed by atoms with Crippen molar-refractivity contribution >= 4 is 17.7 Å². The second kappa shape index (κ2) is 6.49. The van der Waals surface area contributed by atoms with E-state index in [0.717, 1.165) is 0 Å². The maximum absolute atomic E-state index is 11.8. The van der Waals surface area contributed by atoms with Crippen LogP contribution in [0.25, 0.3) is 0 Å². The van der Waals surface area contributed by atoms with Crippen molar-refractivity contribution in [2.75, 3.05) is 13.2 Å². The normalized spacial score (nSPS) is 22.2. The zero-order valence-electron chi connectivity index (χ0n) is 10.8. The minimum absolute atomic E-state index is 0.0433. The Morgan fingerprint density at radius 2 is 2.17 bits per heavy atom. The number of carbonyl (C=O) groups is 3. The highest BCUT2D eigenvalue weighted by Crippen LogP contribution is 2.13. The Kier molecular flexibility index (Phi) is 5.27. The van der Waals surface area contributed by atoms with Gasteiger partial charge in [0.2, 0.25) is 5.91 Å². The third-order valence-electron chi connectivity index (χ3n) is 3.34. The van der Waals surface area contributed by atoms with Crippen LogP contribution in [0.2, 0.25) is 0 Å². The zero-order valence-corrected chi connectivity index (χ0v) is 10.8. The minimum atomic E-state index is -0.604. The Morgan fingerprint density at radius 1 is 1.50 bits per heavy atom. The number of rotatable bonds is 6. The highest BCUT2D eigenvalue weighted by atomic mass is 16.5. The number of hydrogen-bond donors (Lipinski definition) is 2. The van der Waals surface area contributed by atoms with E-state index in [9.17, 15) is 14.4 Å². The summed E-state index contributed by atoms with van der Waals surface area (Å²) in [5, 5.41) is 2.51. The first kappa shape index (κ1) is 14.6. The van der Waals surface area contributed by atoms with Crippen molar-refractivity contribution < 1.29 is 19.1 Å². The predicted octanol–water partition coefficient (Wildman–Crippen LogP) is -0.392. The van der Waals surface area contributed by atoms with Crippen molar-refractivity contribution in [2.45, 2.75) is 32.7 Å². The van der Waals surface area contributed by atoms with E-state index in [0.29, 0.717) is 19.6 Å². The molecule has 0 aliphatic carbocycles. The summed E-state index contributed by atoms with van der Waals surface area (Å²) < 4.78 is 4.72. The minimum Gasteiger partial charge on any atom is -0.464 e. The monoisotopic (exact) mass is 256 g/mol. The molecule has 1 aliphatic rings. The summed E-state index contributed by atoms with van der Waals surface area (Å²) in [6.45, 7) is 4.35. The van der Waals surface area contributed by atoms with Gasteiger partial charge in [-0.15, -0.1) is 0 Å². The molecule has 1 amide bonds. The summed E-state index contributed by atoms with van der Waals surface area (Å²) >= 11 is 0. The molecular weight excluding hydrogens is 236 g/mol. The number of ether oxygens (including phenoxy) is 1. The predicted molar refractivity (Wildman–Crippen MR) is 64.5 cm³/mol. The number of ketones is 1. The second-order valence-electron chi connectivity index (χ2n) is 4.72. The summed E-state index contributed by atoms with van der Waals surface area (Å²) in [6, 6.07) is -0.604. The quantitative estimate of drug-likeness (QED) is 0.498. The number of amides is 1. The van der Waals surface area contributed by atoms with Crippen LogP contribution in [0.5, 0.6) is 0 Å². The molecule has 1 saturated heterocycles. The summed E-state index contributed by atoms with van der Waals surface area (Å²) in [6.07, 6.45) is 0.253. The fourth-order valence-electron chi connectivity index (χ4n) is 1.71. The van der Waals surface area contributed by atoms with Crippen LogP contribution >= 0.6 is 0 Å². The average Bonchev–Trinajstić information content (AvgIpc) is 2.72. The van der Waals surface area contributed by atoms with Gasteiger partial charge >= 0.3 is 5.97 Å². The van der Waals surface area contributed by atoms with Crippen LogP contribution in [0.1, 0.15) is 26.7 Å². The molecule has 1 fully saturated rings. The van der Waals surface area contributed by atoms with Gasteiger partial charge in [0, 0.05) is 12.3 Å². The molecule has 0 radical (unpaired) electrons. The van der Waals surface area contributed by atoms with Gasteiger partial charge in [-0.25, -0.2) is 4.79 Å². The summed E-state index contributed by atoms with van der Waals surface area (Å²) in [5.41, 5.74) is 5.48. The number of Topliss-reactive ketones (excluding diaryl/α,β-unsaturated/α-hetero) is 1. The SMILES string of the molecule is CC(CN)C(C)C(=O)CC(=O)N[C@H]1CCOC1=O. The van der Waals surface area contributed by atoms with Gasteiger partial charge in [-0.1, -0.05) is 13.8 Å². The maximum Gasteiger partial charge on any atom is 0.328 e. The Morgan fingerprint density at radius 3 is 2.67 bits per heavy atom. The Labute approximate surface area is 106 Å². The molecule has 1 rings (SSSR count). The number of cyclic esters (lactones) is 1. The molecule has 0 saturated carbocycles. The van der Waals surface area contributed by atoms with E-state index in [1.807, 2.05) is 6.92 Å². The molecule has 102 valence electrons. The lowest BCUT2D eigenvalue weighted by Gasteiger charge is -2.17. The molecule has 18 heavy (non-hydrogen) atoms. The lowest BCUT2D eigenvalue weighted by atomic mass is 9.90. The fourth-order valence-corrected chi connectivity index (χ4v) is 1.71. The topological polar surface area (TPSA) is 98.5 Å². The van der Waals surface area contributed by atoms with Crippen LogP contribution in [0.4, 0.5) is 0 Å². The third kappa shape index (κ3) is 3.80. The molecule has 6 heteroatoms. The molecule has 2 unspecified atom stereocenters. The first-order valence-corrected chi connectivity index (χ1v) is 6.14. The molecule has 3 atom stereocenters. The Hall–Kier alpha value is -1.43. The van der Waals surface area contributed by atoms with Crippen LogP contribution in [0.15, 0.2) is 0 Å². The van der Waals surface area contributed by atoms with Gasteiger partial charge in [0.05, 0.1) is 13.0 Å². The fraction of sp³-hybridized carbons (Fsp3) is 0.750. The van der Waals surface area contributed by atoms with Crippen LogP contribution in [0.3, 0.4) is 0 Å². The molecular formula is C12H20N2O4. The molecule has 0 aromatic heterocycles. The van der Waals surface area contributed by atoms with E-state index >= 15 is 0 Å². The van der Waals surface area contributed by atoms with Gasteiger partial charge in [-0.3, -0.25) is 9.59 Å². The van der Waals surface area contributed by atoms with Gasteiger partial charge < -0.3 is 15.8 Å². The van der Waals surface area contributed by atoms with Crippen molar-refractivity contribution in [1.29, 1.82) is 0 Å². The van der Waals surface area contributed by atoms with Crippen molar-refractivity contribution in [3.05, 3.63) is 0 Å². The van der Waals surface area contributed by atoms with Crippen LogP contribution in [-0.4, -0.2) is 36.9 Å². The van der Waals surface area contributed by atoms with Crippen molar-refractivity contribution in [3.8, 4) is 0 Å². The van der Waals surface area contributed by atoms with Crippen LogP contribution < -0.4 is 11.1 Å². The molecule has 0 spiro atoms. The molecule has 6 nitrogen and oxygen atoms in total. The van der Waals surface area contributed by atoms with Gasteiger partial charge in [0.1, 0.15) is 11.8 Å². The summed E-state index contributed by atoms with van der Waals surface area (Å²) in [4.78, 5) is 34.5. The Bertz CT molecular complexity index is 343. The summed E-state index contributed by atoms with van der Waals surface area (Å²) in [5.74, 6) is -1.23. The van der Waals surface area contributed by atoms with Gasteiger partial charge in [0.25, 0.3) is 0 Å². The number of nitrogens with one attached hydrogen (secondary N) is 1. The smallest absolute Gasteiger partial charge is 0.328 e. The Balaban J connectivity index is 2.40. The zero-order chi connectivity index (χ0) is 13.7. The van der Waals surface area contributed by atoms with E-state index in [1.54, 1.807) is 6.92 Å². The molecule has 0 bridgehead atoms. The second-order valence-corrected chi connectivity index (χ2v) is 4.72. The number of esters is 1. The van der Waals surface area contributed by atoms with Crippen molar-refractivity contribution in [2.24, 2.45) is 17.6 Å². The van der Waals surface area contributed by atoms with Crippen molar-refractivity contribution in [3.63, 3.8) is 0 Å². The van der Waals surface area contributed by atoms with Gasteiger partial charge in [0.15, 0.2) is 0 Å². The molecule has 1 heterocycles. The first-order valence-electron chi connectivity index (χ1n) is 6.14. The van der Waals surface area contributed by atoms with Gasteiger partial charge in [-0.2, -0.15) is 0 Å².